The molecule has 41 heavy (non-hydrogen) atoms. The van der Waals surface area contributed by atoms with E-state index in [2.05, 4.69) is 5.32 Å². The van der Waals surface area contributed by atoms with Gasteiger partial charge in [0, 0.05) is 25.0 Å². The van der Waals surface area contributed by atoms with Crippen molar-refractivity contribution >= 4 is 50.7 Å². The summed E-state index contributed by atoms with van der Waals surface area (Å²) in [7, 11) is -2.74. The van der Waals surface area contributed by atoms with E-state index in [0.717, 1.165) is 15.4 Å². The van der Waals surface area contributed by atoms with Gasteiger partial charge < -0.3 is 10.2 Å². The minimum absolute atomic E-state index is 0.0134. The summed E-state index contributed by atoms with van der Waals surface area (Å²) in [4.78, 5) is 28.9. The lowest BCUT2D eigenvalue weighted by atomic mass is 10.0. The van der Waals surface area contributed by atoms with Crippen LogP contribution in [-0.2, 0) is 32.6 Å². The second kappa shape index (κ2) is 13.7. The number of nitrogens with zero attached hydrogens (tertiary/aromatic N) is 2. The van der Waals surface area contributed by atoms with Gasteiger partial charge in [-0.2, -0.15) is 0 Å². The molecule has 0 radical (unpaired) electrons. The standard InChI is InChI=1S/C31H29Cl2N3O4S/c1-34-31(38)29(19-23-11-5-2-6-12-23)35(21-24-13-7-3-8-14-24)30(37)22-36(28-18-17-25(32)20-27(28)33)41(39,40)26-15-9-4-10-16-26/h2-18,20,29H,19,21-22H2,1H3,(H,34,38)/t29-/m1/s1. The first kappa shape index (κ1) is 30.1. The largest absolute Gasteiger partial charge is 0.357 e. The van der Waals surface area contributed by atoms with E-state index in [4.69, 9.17) is 23.2 Å². The van der Waals surface area contributed by atoms with Gasteiger partial charge in [-0.25, -0.2) is 8.42 Å². The van der Waals surface area contributed by atoms with E-state index in [0.29, 0.717) is 5.02 Å². The molecule has 4 rings (SSSR count). The predicted octanol–water partition coefficient (Wildman–Crippen LogP) is 5.57. The molecule has 2 amide bonds. The third-order valence-corrected chi connectivity index (χ3v) is 8.81. The molecule has 1 N–H and O–H groups in total. The monoisotopic (exact) mass is 609 g/mol. The van der Waals surface area contributed by atoms with Gasteiger partial charge in [0.25, 0.3) is 10.0 Å². The molecule has 0 unspecified atom stereocenters. The van der Waals surface area contributed by atoms with Crippen LogP contribution in [0.15, 0.2) is 114 Å². The lowest BCUT2D eigenvalue weighted by Crippen LogP contribution is -2.53. The van der Waals surface area contributed by atoms with Crippen molar-refractivity contribution in [1.29, 1.82) is 0 Å². The molecule has 0 spiro atoms. The number of amides is 2. The zero-order valence-electron chi connectivity index (χ0n) is 22.3. The molecule has 0 aliphatic carbocycles. The Morgan fingerprint density at radius 2 is 1.37 bits per heavy atom. The molecule has 0 aromatic heterocycles. The molecule has 0 saturated carbocycles. The van der Waals surface area contributed by atoms with E-state index >= 15 is 0 Å². The van der Waals surface area contributed by atoms with Crippen LogP contribution in [0.4, 0.5) is 5.69 Å². The second-order valence-electron chi connectivity index (χ2n) is 9.25. The average molecular weight is 611 g/mol. The summed E-state index contributed by atoms with van der Waals surface area (Å²) in [6.07, 6.45) is 0.228. The van der Waals surface area contributed by atoms with Crippen LogP contribution in [0.2, 0.25) is 10.0 Å². The summed E-state index contributed by atoms with van der Waals surface area (Å²) in [5, 5.41) is 3.04. The van der Waals surface area contributed by atoms with E-state index < -0.39 is 28.5 Å². The quantitative estimate of drug-likeness (QED) is 0.241. The topological polar surface area (TPSA) is 86.8 Å². The van der Waals surface area contributed by atoms with E-state index in [1.165, 1.54) is 42.3 Å². The van der Waals surface area contributed by atoms with Crippen molar-refractivity contribution in [2.45, 2.75) is 23.9 Å². The van der Waals surface area contributed by atoms with Crippen molar-refractivity contribution in [2.24, 2.45) is 0 Å². The number of nitrogens with one attached hydrogen (secondary N) is 1. The lowest BCUT2D eigenvalue weighted by Gasteiger charge is -2.33. The van der Waals surface area contributed by atoms with Gasteiger partial charge in [-0.15, -0.1) is 0 Å². The van der Waals surface area contributed by atoms with E-state index in [9.17, 15) is 18.0 Å². The highest BCUT2D eigenvalue weighted by atomic mass is 35.5. The highest BCUT2D eigenvalue weighted by molar-refractivity contribution is 7.92. The van der Waals surface area contributed by atoms with Crippen LogP contribution in [0.1, 0.15) is 11.1 Å². The first-order valence-electron chi connectivity index (χ1n) is 12.8. The fourth-order valence-electron chi connectivity index (χ4n) is 4.42. The van der Waals surface area contributed by atoms with Crippen LogP contribution in [-0.4, -0.2) is 44.8 Å². The SMILES string of the molecule is CNC(=O)[C@@H](Cc1ccccc1)N(Cc1ccccc1)C(=O)CN(c1ccc(Cl)cc1Cl)S(=O)(=O)c1ccccc1. The van der Waals surface area contributed by atoms with E-state index in [1.54, 1.807) is 18.2 Å². The van der Waals surface area contributed by atoms with Crippen LogP contribution in [0.5, 0.6) is 0 Å². The molecule has 0 heterocycles. The van der Waals surface area contributed by atoms with Crippen molar-refractivity contribution in [3.63, 3.8) is 0 Å². The van der Waals surface area contributed by atoms with Crippen molar-refractivity contribution in [2.75, 3.05) is 17.9 Å². The van der Waals surface area contributed by atoms with Crippen molar-refractivity contribution < 1.29 is 18.0 Å². The van der Waals surface area contributed by atoms with Crippen molar-refractivity contribution in [3.8, 4) is 0 Å². The first-order valence-corrected chi connectivity index (χ1v) is 15.0. The number of halogens is 2. The smallest absolute Gasteiger partial charge is 0.264 e. The molecule has 4 aromatic rings. The molecule has 7 nitrogen and oxygen atoms in total. The summed E-state index contributed by atoms with van der Waals surface area (Å²) in [5.74, 6) is -0.955. The molecule has 0 bridgehead atoms. The number of likely N-dealkylation sites (N-methyl/N-ethyl adjacent to an activating group) is 1. The normalized spacial score (nSPS) is 11.9. The van der Waals surface area contributed by atoms with Crippen LogP contribution in [0.3, 0.4) is 0 Å². The Morgan fingerprint density at radius 1 is 0.805 bits per heavy atom. The van der Waals surface area contributed by atoms with Gasteiger partial charge in [-0.05, 0) is 41.5 Å². The fourth-order valence-corrected chi connectivity index (χ4v) is 6.43. The van der Waals surface area contributed by atoms with Crippen molar-refractivity contribution in [3.05, 3.63) is 130 Å². The first-order chi connectivity index (χ1) is 19.7. The molecule has 10 heteroatoms. The lowest BCUT2D eigenvalue weighted by molar-refractivity contribution is -0.139. The number of sulfonamides is 1. The highest BCUT2D eigenvalue weighted by Crippen LogP contribution is 2.33. The van der Waals surface area contributed by atoms with Crippen molar-refractivity contribution in [1.82, 2.24) is 10.2 Å². The van der Waals surface area contributed by atoms with Gasteiger partial charge in [0.15, 0.2) is 0 Å². The zero-order valence-corrected chi connectivity index (χ0v) is 24.6. The summed E-state index contributed by atoms with van der Waals surface area (Å²) in [6, 6.07) is 29.8. The Hall–Kier alpha value is -3.85. The van der Waals surface area contributed by atoms with Gasteiger partial charge in [0.2, 0.25) is 11.8 Å². The average Bonchev–Trinajstić information content (AvgIpc) is 2.99. The summed E-state index contributed by atoms with van der Waals surface area (Å²) in [6.45, 7) is -0.522. The molecule has 4 aromatic carbocycles. The molecule has 0 fully saturated rings. The molecule has 0 aliphatic rings. The number of anilines is 1. The summed E-state index contributed by atoms with van der Waals surface area (Å²) >= 11 is 12.6. The minimum atomic E-state index is -4.24. The summed E-state index contributed by atoms with van der Waals surface area (Å²) < 4.78 is 28.8. The molecule has 212 valence electrons. The van der Waals surface area contributed by atoms with Gasteiger partial charge in [0.05, 0.1) is 15.6 Å². The molecule has 0 saturated heterocycles. The van der Waals surface area contributed by atoms with E-state index in [1.807, 2.05) is 60.7 Å². The second-order valence-corrected chi connectivity index (χ2v) is 12.0. The zero-order chi connectivity index (χ0) is 29.4. The van der Waals surface area contributed by atoms with E-state index in [-0.39, 0.29) is 34.5 Å². The molecular formula is C31H29Cl2N3O4S. The fraction of sp³-hybridized carbons (Fsp3) is 0.161. The Morgan fingerprint density at radius 3 is 1.93 bits per heavy atom. The predicted molar refractivity (Wildman–Crippen MR) is 162 cm³/mol. The third kappa shape index (κ3) is 7.47. The number of carbonyl (C=O) groups excluding carboxylic acids is 2. The maximum atomic E-state index is 14.2. The van der Waals surface area contributed by atoms with Gasteiger partial charge in [-0.1, -0.05) is 102 Å². The Labute approximate surface area is 250 Å². The number of carbonyl (C=O) groups is 2. The maximum Gasteiger partial charge on any atom is 0.264 e. The van der Waals surface area contributed by atoms with Crippen LogP contribution in [0.25, 0.3) is 0 Å². The number of rotatable bonds is 11. The highest BCUT2D eigenvalue weighted by Gasteiger charge is 2.35. The molecule has 0 aliphatic heterocycles. The maximum absolute atomic E-state index is 14.2. The number of hydrogen-bond acceptors (Lipinski definition) is 4. The Kier molecular flexibility index (Phi) is 10.0. The Bertz CT molecular complexity index is 1590. The van der Waals surface area contributed by atoms with Gasteiger partial charge >= 0.3 is 0 Å². The van der Waals surface area contributed by atoms with Crippen LogP contribution < -0.4 is 9.62 Å². The van der Waals surface area contributed by atoms with Crippen LogP contribution in [0, 0.1) is 0 Å². The number of hydrogen-bond donors (Lipinski definition) is 1. The molecule has 1 atom stereocenters. The van der Waals surface area contributed by atoms with Gasteiger partial charge in [-0.3, -0.25) is 13.9 Å². The third-order valence-electron chi connectivity index (χ3n) is 6.50. The summed E-state index contributed by atoms with van der Waals surface area (Å²) in [5.41, 5.74) is 1.72. The number of benzene rings is 4. The minimum Gasteiger partial charge on any atom is -0.357 e. The Balaban J connectivity index is 1.79. The molecular weight excluding hydrogens is 581 g/mol. The van der Waals surface area contributed by atoms with Crippen LogP contribution >= 0.6 is 23.2 Å². The van der Waals surface area contributed by atoms with Gasteiger partial charge in [0.1, 0.15) is 12.6 Å².